The Balaban J connectivity index is 1.88. The Labute approximate surface area is 108 Å². The first-order chi connectivity index (χ1) is 8.74. The molecule has 2 bridgehead atoms. The minimum absolute atomic E-state index is 0.427. The predicted octanol–water partition coefficient (Wildman–Crippen LogP) is 2.78. The Morgan fingerprint density at radius 1 is 0.722 bits per heavy atom. The summed E-state index contributed by atoms with van der Waals surface area (Å²) >= 11 is 0. The molecule has 0 N–H and O–H groups in total. The predicted molar refractivity (Wildman–Crippen MR) is 67.8 cm³/mol. The molecule has 0 aromatic heterocycles. The number of carbonyl (C=O) groups excluding carboxylic acids is 2. The van der Waals surface area contributed by atoms with Gasteiger partial charge in [0.25, 0.3) is 0 Å². The molecule has 3 saturated carbocycles. The quantitative estimate of drug-likeness (QED) is 0.536. The lowest BCUT2D eigenvalue weighted by molar-refractivity contribution is -0.0161. The molecule has 3 fully saturated rings. The number of nitrogens with zero attached hydrogens (tertiary/aromatic N) is 2. The van der Waals surface area contributed by atoms with Gasteiger partial charge in [-0.05, 0) is 62.2 Å². The molecule has 3 aliphatic carbocycles. The standard InChI is InChI=1S/C14H20N2O2/c17-11-15-9-7-13-1-2-14(5-3-13,6-4-13)8-10-16-12-18/h1-10H2. The topological polar surface area (TPSA) is 58.9 Å². The third kappa shape index (κ3) is 2.77. The summed E-state index contributed by atoms with van der Waals surface area (Å²) < 4.78 is 0. The second-order valence-electron chi connectivity index (χ2n) is 5.95. The zero-order chi connectivity index (χ0) is 12.9. The van der Waals surface area contributed by atoms with Crippen LogP contribution in [-0.4, -0.2) is 25.2 Å². The summed E-state index contributed by atoms with van der Waals surface area (Å²) in [6, 6.07) is 0. The zero-order valence-corrected chi connectivity index (χ0v) is 10.8. The molecule has 18 heavy (non-hydrogen) atoms. The van der Waals surface area contributed by atoms with Gasteiger partial charge in [0.1, 0.15) is 0 Å². The summed E-state index contributed by atoms with van der Waals surface area (Å²) in [7, 11) is 0. The van der Waals surface area contributed by atoms with Crippen molar-refractivity contribution in [3.63, 3.8) is 0 Å². The van der Waals surface area contributed by atoms with Crippen LogP contribution in [0.15, 0.2) is 9.98 Å². The van der Waals surface area contributed by atoms with Crippen molar-refractivity contribution in [1.29, 1.82) is 0 Å². The lowest BCUT2D eigenvalue weighted by Gasteiger charge is -2.53. The maximum Gasteiger partial charge on any atom is 0.234 e. The Hall–Kier alpha value is -1.24. The van der Waals surface area contributed by atoms with Crippen LogP contribution in [0.3, 0.4) is 0 Å². The van der Waals surface area contributed by atoms with Crippen LogP contribution in [-0.2, 0) is 9.59 Å². The Bertz CT molecular complexity index is 330. The molecular formula is C14H20N2O2. The van der Waals surface area contributed by atoms with Gasteiger partial charge < -0.3 is 0 Å². The first-order valence-electron chi connectivity index (χ1n) is 6.82. The average molecular weight is 248 g/mol. The highest BCUT2D eigenvalue weighted by Crippen LogP contribution is 2.59. The van der Waals surface area contributed by atoms with Crippen LogP contribution < -0.4 is 0 Å². The van der Waals surface area contributed by atoms with Crippen molar-refractivity contribution in [3.05, 3.63) is 0 Å². The molecule has 0 aliphatic heterocycles. The molecule has 0 heterocycles. The van der Waals surface area contributed by atoms with Crippen LogP contribution in [0.4, 0.5) is 0 Å². The van der Waals surface area contributed by atoms with Crippen LogP contribution in [0.25, 0.3) is 0 Å². The fourth-order valence-electron chi connectivity index (χ4n) is 3.77. The van der Waals surface area contributed by atoms with Crippen LogP contribution >= 0.6 is 0 Å². The fraction of sp³-hybridized carbons (Fsp3) is 0.857. The highest BCUT2D eigenvalue weighted by Gasteiger charge is 2.47. The minimum Gasteiger partial charge on any atom is -0.211 e. The third-order valence-corrected chi connectivity index (χ3v) is 5.19. The molecular weight excluding hydrogens is 228 g/mol. The molecule has 98 valence electrons. The van der Waals surface area contributed by atoms with E-state index >= 15 is 0 Å². The first kappa shape index (κ1) is 13.2. The number of hydrogen-bond donors (Lipinski definition) is 0. The molecule has 3 rings (SSSR count). The average Bonchev–Trinajstić information content (AvgIpc) is 2.42. The molecule has 0 amide bonds. The Morgan fingerprint density at radius 3 is 1.33 bits per heavy atom. The fourth-order valence-corrected chi connectivity index (χ4v) is 3.77. The molecule has 0 radical (unpaired) electrons. The SMILES string of the molecule is O=C=NCCC12CCC(CCN=C=O)(CC1)CC2. The van der Waals surface area contributed by atoms with E-state index in [9.17, 15) is 9.59 Å². The van der Waals surface area contributed by atoms with E-state index in [1.807, 2.05) is 0 Å². The summed E-state index contributed by atoms with van der Waals surface area (Å²) in [6.07, 6.45) is 12.8. The smallest absolute Gasteiger partial charge is 0.211 e. The molecule has 4 heteroatoms. The van der Waals surface area contributed by atoms with Gasteiger partial charge >= 0.3 is 0 Å². The van der Waals surface area contributed by atoms with Crippen molar-refractivity contribution < 1.29 is 9.59 Å². The molecule has 0 aromatic carbocycles. The first-order valence-corrected chi connectivity index (χ1v) is 6.82. The van der Waals surface area contributed by atoms with Crippen LogP contribution in [0.1, 0.15) is 51.4 Å². The van der Waals surface area contributed by atoms with Crippen LogP contribution in [0.2, 0.25) is 0 Å². The molecule has 3 aliphatic rings. The molecule has 0 spiro atoms. The van der Waals surface area contributed by atoms with E-state index in [0.29, 0.717) is 23.9 Å². The highest BCUT2D eigenvalue weighted by atomic mass is 16.1. The van der Waals surface area contributed by atoms with Gasteiger partial charge in [0.05, 0.1) is 13.1 Å². The van der Waals surface area contributed by atoms with Gasteiger partial charge in [-0.25, -0.2) is 19.6 Å². The number of hydrogen-bond acceptors (Lipinski definition) is 4. The number of isocyanates is 2. The van der Waals surface area contributed by atoms with Gasteiger partial charge in [0, 0.05) is 0 Å². The van der Waals surface area contributed by atoms with Crippen LogP contribution in [0, 0.1) is 10.8 Å². The van der Waals surface area contributed by atoms with Gasteiger partial charge in [-0.1, -0.05) is 0 Å². The second kappa shape index (κ2) is 5.60. The highest BCUT2D eigenvalue weighted by molar-refractivity contribution is 5.33. The summed E-state index contributed by atoms with van der Waals surface area (Å²) in [6.45, 7) is 1.26. The third-order valence-electron chi connectivity index (χ3n) is 5.19. The Morgan fingerprint density at radius 2 is 1.06 bits per heavy atom. The Kier molecular flexibility index (Phi) is 4.11. The van der Waals surface area contributed by atoms with Crippen molar-refractivity contribution in [3.8, 4) is 0 Å². The summed E-state index contributed by atoms with van der Waals surface area (Å²) in [4.78, 5) is 27.6. The maximum atomic E-state index is 10.1. The second-order valence-corrected chi connectivity index (χ2v) is 5.95. The number of rotatable bonds is 6. The lowest BCUT2D eigenvalue weighted by Crippen LogP contribution is -2.42. The van der Waals surface area contributed by atoms with Gasteiger partial charge in [0.2, 0.25) is 12.2 Å². The van der Waals surface area contributed by atoms with Crippen molar-refractivity contribution in [2.75, 3.05) is 13.1 Å². The molecule has 4 nitrogen and oxygen atoms in total. The van der Waals surface area contributed by atoms with Gasteiger partial charge in [-0.2, -0.15) is 0 Å². The van der Waals surface area contributed by atoms with E-state index in [-0.39, 0.29) is 0 Å². The van der Waals surface area contributed by atoms with Gasteiger partial charge in [-0.15, -0.1) is 0 Å². The van der Waals surface area contributed by atoms with E-state index in [1.54, 1.807) is 12.2 Å². The van der Waals surface area contributed by atoms with E-state index in [0.717, 1.165) is 12.8 Å². The van der Waals surface area contributed by atoms with E-state index in [1.165, 1.54) is 38.5 Å². The number of fused-ring (bicyclic) bond motifs is 3. The van der Waals surface area contributed by atoms with Crippen molar-refractivity contribution in [2.45, 2.75) is 51.4 Å². The molecule has 0 aromatic rings. The van der Waals surface area contributed by atoms with Crippen molar-refractivity contribution in [2.24, 2.45) is 20.8 Å². The minimum atomic E-state index is 0.427. The summed E-state index contributed by atoms with van der Waals surface area (Å²) in [5.74, 6) is 0. The molecule has 0 unspecified atom stereocenters. The van der Waals surface area contributed by atoms with E-state index in [2.05, 4.69) is 9.98 Å². The maximum absolute atomic E-state index is 10.1. The van der Waals surface area contributed by atoms with Gasteiger partial charge in [-0.3, -0.25) is 0 Å². The molecule has 0 atom stereocenters. The van der Waals surface area contributed by atoms with E-state index in [4.69, 9.17) is 0 Å². The van der Waals surface area contributed by atoms with E-state index < -0.39 is 0 Å². The van der Waals surface area contributed by atoms with Crippen LogP contribution in [0.5, 0.6) is 0 Å². The largest absolute Gasteiger partial charge is 0.234 e. The van der Waals surface area contributed by atoms with Gasteiger partial charge in [0.15, 0.2) is 0 Å². The van der Waals surface area contributed by atoms with Crippen molar-refractivity contribution >= 4 is 12.2 Å². The number of aliphatic imine (C=N–C) groups is 2. The monoisotopic (exact) mass is 248 g/mol. The summed E-state index contributed by atoms with van der Waals surface area (Å²) in [5.41, 5.74) is 0.853. The zero-order valence-electron chi connectivity index (χ0n) is 10.8. The lowest BCUT2D eigenvalue weighted by atomic mass is 9.52. The van der Waals surface area contributed by atoms with Crippen molar-refractivity contribution in [1.82, 2.24) is 0 Å². The molecule has 0 saturated heterocycles. The normalized spacial score (nSPS) is 33.6. The summed E-state index contributed by atoms with van der Waals surface area (Å²) in [5, 5.41) is 0.